The number of rotatable bonds is 9. The van der Waals surface area contributed by atoms with Gasteiger partial charge in [0.15, 0.2) is 11.6 Å². The van der Waals surface area contributed by atoms with Crippen molar-refractivity contribution in [1.82, 2.24) is 10.3 Å². The number of anilines is 2. The monoisotopic (exact) mass is 489 g/mol. The molecule has 1 aromatic heterocycles. The number of alkyl carbamates (subject to hydrolysis) is 1. The van der Waals surface area contributed by atoms with Crippen molar-refractivity contribution in [2.75, 3.05) is 10.6 Å². The summed E-state index contributed by atoms with van der Waals surface area (Å²) in [6, 6.07) is 8.05. The van der Waals surface area contributed by atoms with Crippen molar-refractivity contribution in [3.63, 3.8) is 0 Å². The summed E-state index contributed by atoms with van der Waals surface area (Å²) in [5, 5.41) is 19.2. The first-order valence-electron chi connectivity index (χ1n) is 11.3. The van der Waals surface area contributed by atoms with Crippen molar-refractivity contribution in [2.45, 2.75) is 78.6 Å². The third-order valence-electron chi connectivity index (χ3n) is 5.08. The molecule has 1 amide bonds. The molecule has 0 radical (unpaired) electrons. The molecule has 3 N–H and O–H groups in total. The van der Waals surface area contributed by atoms with Gasteiger partial charge < -0.3 is 20.7 Å². The number of ether oxygens (including phenoxy) is 1. The third kappa shape index (κ3) is 8.07. The molecule has 1 aromatic carbocycles. The van der Waals surface area contributed by atoms with E-state index in [0.29, 0.717) is 17.1 Å². The van der Waals surface area contributed by atoms with E-state index in [-0.39, 0.29) is 30.0 Å². The number of aromatic nitrogens is 1. The minimum absolute atomic E-state index is 0.0222. The van der Waals surface area contributed by atoms with E-state index < -0.39 is 17.5 Å². The lowest BCUT2D eigenvalue weighted by Crippen LogP contribution is -2.46. The molecule has 0 bridgehead atoms. The standard InChI is InChI=1S/C25H33ClFN5O2/c1-7-8-21(16(3)30-24(33)34-25(4,5)6)31-23-20(27)11-17(13-28)22(32-23)14-29-18-10-9-15(2)19(26)12-18/h9-12,16,21,29H,7-8,14H2,1-6H3,(H,30,33)(H,31,32)/t16-,21+/m0/s1. The molecule has 184 valence electrons. The SMILES string of the molecule is CCC[C@@H](Nc1nc(CNc2ccc(C)c(Cl)c2)c(C#N)cc1F)[C@H](C)NC(=O)OC(C)(C)C. The van der Waals surface area contributed by atoms with Gasteiger partial charge in [-0.2, -0.15) is 5.26 Å². The van der Waals surface area contributed by atoms with Crippen LogP contribution in [0.2, 0.25) is 5.02 Å². The van der Waals surface area contributed by atoms with Gasteiger partial charge in [0.05, 0.1) is 17.8 Å². The van der Waals surface area contributed by atoms with Crippen molar-refractivity contribution >= 4 is 29.2 Å². The Morgan fingerprint density at radius 2 is 2.03 bits per heavy atom. The fourth-order valence-corrected chi connectivity index (χ4v) is 3.46. The Hall–Kier alpha value is -3.05. The van der Waals surface area contributed by atoms with Gasteiger partial charge in [-0.1, -0.05) is 31.0 Å². The van der Waals surface area contributed by atoms with Crippen LogP contribution in [0.5, 0.6) is 0 Å². The summed E-state index contributed by atoms with van der Waals surface area (Å²) in [5.41, 5.74) is 1.63. The highest BCUT2D eigenvalue weighted by atomic mass is 35.5. The molecule has 0 saturated carbocycles. The number of nitrogens with zero attached hydrogens (tertiary/aromatic N) is 2. The van der Waals surface area contributed by atoms with E-state index in [4.69, 9.17) is 16.3 Å². The van der Waals surface area contributed by atoms with Gasteiger partial charge in [0.1, 0.15) is 11.7 Å². The van der Waals surface area contributed by atoms with Crippen LogP contribution in [0, 0.1) is 24.1 Å². The zero-order chi connectivity index (χ0) is 25.5. The van der Waals surface area contributed by atoms with Crippen LogP contribution in [0.4, 0.5) is 20.7 Å². The number of halogens is 2. The fourth-order valence-electron chi connectivity index (χ4n) is 3.28. The summed E-state index contributed by atoms with van der Waals surface area (Å²) >= 11 is 6.18. The molecule has 2 atom stereocenters. The summed E-state index contributed by atoms with van der Waals surface area (Å²) < 4.78 is 20.1. The van der Waals surface area contributed by atoms with Crippen molar-refractivity contribution in [3.05, 3.63) is 51.9 Å². The van der Waals surface area contributed by atoms with Crippen LogP contribution in [0.25, 0.3) is 0 Å². The third-order valence-corrected chi connectivity index (χ3v) is 5.48. The topological polar surface area (TPSA) is 99.1 Å². The number of aryl methyl sites for hydroxylation is 1. The Morgan fingerprint density at radius 1 is 1.32 bits per heavy atom. The second kappa shape index (κ2) is 11.9. The fraction of sp³-hybridized carbons (Fsp3) is 0.480. The predicted octanol–water partition coefficient (Wildman–Crippen LogP) is 6.16. The van der Waals surface area contributed by atoms with Crippen LogP contribution in [-0.2, 0) is 11.3 Å². The summed E-state index contributed by atoms with van der Waals surface area (Å²) in [6.07, 6.45) is 0.921. The van der Waals surface area contributed by atoms with Crippen molar-refractivity contribution in [2.24, 2.45) is 0 Å². The number of benzene rings is 1. The van der Waals surface area contributed by atoms with Crippen LogP contribution < -0.4 is 16.0 Å². The summed E-state index contributed by atoms with van der Waals surface area (Å²) in [5.74, 6) is -0.613. The summed E-state index contributed by atoms with van der Waals surface area (Å²) in [4.78, 5) is 16.6. The largest absolute Gasteiger partial charge is 0.444 e. The van der Waals surface area contributed by atoms with Gasteiger partial charge >= 0.3 is 6.09 Å². The maximum Gasteiger partial charge on any atom is 0.407 e. The molecule has 0 fully saturated rings. The predicted molar refractivity (Wildman–Crippen MR) is 134 cm³/mol. The maximum atomic E-state index is 14.8. The lowest BCUT2D eigenvalue weighted by atomic mass is 10.0. The number of hydrogen-bond donors (Lipinski definition) is 3. The zero-order valence-corrected chi connectivity index (χ0v) is 21.3. The second-order valence-corrected chi connectivity index (χ2v) is 9.62. The number of nitrogens with one attached hydrogen (secondary N) is 3. The normalized spacial score (nSPS) is 12.9. The highest BCUT2D eigenvalue weighted by Crippen LogP contribution is 2.23. The first kappa shape index (κ1) is 27.2. The molecule has 1 heterocycles. The van der Waals surface area contributed by atoms with Gasteiger partial charge in [0.2, 0.25) is 0 Å². The number of hydrogen-bond acceptors (Lipinski definition) is 6. The molecule has 0 aliphatic carbocycles. The molecule has 0 aliphatic rings. The average molecular weight is 490 g/mol. The molecule has 0 spiro atoms. The minimum Gasteiger partial charge on any atom is -0.444 e. The molecular weight excluding hydrogens is 457 g/mol. The van der Waals surface area contributed by atoms with Gasteiger partial charge in [0, 0.05) is 22.8 Å². The Bertz CT molecular complexity index is 1050. The molecule has 0 unspecified atom stereocenters. The number of amides is 1. The van der Waals surface area contributed by atoms with Crippen molar-refractivity contribution < 1.29 is 13.9 Å². The van der Waals surface area contributed by atoms with Gasteiger partial charge in [-0.05, 0) is 64.8 Å². The van der Waals surface area contributed by atoms with Crippen LogP contribution in [0.1, 0.15) is 64.3 Å². The molecule has 0 aliphatic heterocycles. The zero-order valence-electron chi connectivity index (χ0n) is 20.6. The van der Waals surface area contributed by atoms with Crippen LogP contribution >= 0.6 is 11.6 Å². The van der Waals surface area contributed by atoms with Gasteiger partial charge in [-0.3, -0.25) is 0 Å². The minimum atomic E-state index is -0.635. The van der Waals surface area contributed by atoms with Crippen LogP contribution in [-0.4, -0.2) is 28.8 Å². The first-order valence-corrected chi connectivity index (χ1v) is 11.7. The first-order chi connectivity index (χ1) is 15.9. The Morgan fingerprint density at radius 3 is 2.62 bits per heavy atom. The molecule has 2 aromatic rings. The Balaban J connectivity index is 2.20. The van der Waals surface area contributed by atoms with E-state index in [1.807, 2.05) is 39.0 Å². The molecule has 34 heavy (non-hydrogen) atoms. The van der Waals surface area contributed by atoms with Gasteiger partial charge in [-0.25, -0.2) is 14.2 Å². The van der Waals surface area contributed by atoms with Gasteiger partial charge in [-0.15, -0.1) is 0 Å². The smallest absolute Gasteiger partial charge is 0.407 e. The maximum absolute atomic E-state index is 14.8. The lowest BCUT2D eigenvalue weighted by molar-refractivity contribution is 0.0502. The average Bonchev–Trinajstić information content (AvgIpc) is 2.74. The molecular formula is C25H33ClFN5O2. The quantitative estimate of drug-likeness (QED) is 0.390. The van der Waals surface area contributed by atoms with E-state index in [0.717, 1.165) is 17.7 Å². The number of carbonyl (C=O) groups excluding carboxylic acids is 1. The van der Waals surface area contributed by atoms with Crippen molar-refractivity contribution in [3.8, 4) is 6.07 Å². The van der Waals surface area contributed by atoms with E-state index in [1.165, 1.54) is 6.07 Å². The van der Waals surface area contributed by atoms with E-state index in [9.17, 15) is 14.4 Å². The molecule has 7 nitrogen and oxygen atoms in total. The number of nitriles is 1. The molecule has 0 saturated heterocycles. The van der Waals surface area contributed by atoms with E-state index in [1.54, 1.807) is 26.8 Å². The second-order valence-electron chi connectivity index (χ2n) is 9.22. The highest BCUT2D eigenvalue weighted by molar-refractivity contribution is 6.31. The Kier molecular flexibility index (Phi) is 9.51. The summed E-state index contributed by atoms with van der Waals surface area (Å²) in [7, 11) is 0. The van der Waals surface area contributed by atoms with Crippen LogP contribution in [0.15, 0.2) is 24.3 Å². The lowest BCUT2D eigenvalue weighted by Gasteiger charge is -2.28. The number of pyridine rings is 1. The molecule has 2 rings (SSSR count). The van der Waals surface area contributed by atoms with Crippen LogP contribution in [0.3, 0.4) is 0 Å². The Labute approximate surface area is 206 Å². The van der Waals surface area contributed by atoms with Gasteiger partial charge in [0.25, 0.3) is 0 Å². The van der Waals surface area contributed by atoms with E-state index >= 15 is 0 Å². The highest BCUT2D eigenvalue weighted by Gasteiger charge is 2.24. The molecule has 9 heteroatoms. The summed E-state index contributed by atoms with van der Waals surface area (Å²) in [6.45, 7) is 11.3. The van der Waals surface area contributed by atoms with E-state index in [2.05, 4.69) is 20.9 Å². The number of carbonyl (C=O) groups is 1. The van der Waals surface area contributed by atoms with Crippen molar-refractivity contribution in [1.29, 1.82) is 5.26 Å².